The Morgan fingerprint density at radius 2 is 1.95 bits per heavy atom. The molecular weight excluding hydrogens is 292 g/mol. The molecule has 0 spiro atoms. The molecule has 2 rings (SSSR count). The number of aromatic nitrogens is 1. The first-order chi connectivity index (χ1) is 9.87. The highest BCUT2D eigenvalue weighted by Crippen LogP contribution is 2.17. The number of carbonyl (C=O) groups is 1. The minimum absolute atomic E-state index is 0.0713. The molecule has 110 valence electrons. The Morgan fingerprint density at radius 1 is 1.29 bits per heavy atom. The molecule has 1 aromatic heterocycles. The minimum atomic E-state index is -3.64. The van der Waals surface area contributed by atoms with Crippen molar-refractivity contribution in [1.29, 1.82) is 0 Å². The summed E-state index contributed by atoms with van der Waals surface area (Å²) < 4.78 is 26.6. The smallest absolute Gasteiger partial charge is 0.337 e. The predicted molar refractivity (Wildman–Crippen MR) is 78.6 cm³/mol. The molecule has 0 saturated carbocycles. The number of nitrogens with one attached hydrogen (secondary N) is 1. The normalized spacial score (nSPS) is 11.1. The molecule has 2 aromatic rings. The molecule has 0 fully saturated rings. The Balaban J connectivity index is 2.24. The van der Waals surface area contributed by atoms with Crippen LogP contribution in [0.4, 0.5) is 5.69 Å². The number of pyridine rings is 1. The molecule has 0 bridgehead atoms. The van der Waals surface area contributed by atoms with Crippen molar-refractivity contribution in [3.63, 3.8) is 0 Å². The van der Waals surface area contributed by atoms with Gasteiger partial charge in [0.2, 0.25) is 10.0 Å². The van der Waals surface area contributed by atoms with Crippen molar-refractivity contribution in [2.75, 3.05) is 4.72 Å². The lowest BCUT2D eigenvalue weighted by atomic mass is 10.2. The van der Waals surface area contributed by atoms with Gasteiger partial charge in [0.1, 0.15) is 0 Å². The maximum absolute atomic E-state index is 12.1. The first kappa shape index (κ1) is 15.0. The monoisotopic (exact) mass is 306 g/mol. The summed E-state index contributed by atoms with van der Waals surface area (Å²) in [4.78, 5) is 14.8. The van der Waals surface area contributed by atoms with E-state index in [9.17, 15) is 13.2 Å². The molecule has 0 saturated heterocycles. The van der Waals surface area contributed by atoms with Gasteiger partial charge in [0.25, 0.3) is 0 Å². The Bertz CT molecular complexity index is 758. The van der Waals surface area contributed by atoms with Crippen LogP contribution in [0.2, 0.25) is 0 Å². The van der Waals surface area contributed by atoms with E-state index in [0.29, 0.717) is 11.3 Å². The van der Waals surface area contributed by atoms with E-state index in [1.807, 2.05) is 0 Å². The van der Waals surface area contributed by atoms with Crippen LogP contribution in [-0.2, 0) is 15.8 Å². The van der Waals surface area contributed by atoms with Crippen LogP contribution in [0.5, 0.6) is 0 Å². The van der Waals surface area contributed by atoms with Gasteiger partial charge in [0, 0.05) is 6.20 Å². The van der Waals surface area contributed by atoms with E-state index in [-0.39, 0.29) is 17.0 Å². The molecule has 0 radical (unpaired) electrons. The van der Waals surface area contributed by atoms with Crippen molar-refractivity contribution in [1.82, 2.24) is 4.98 Å². The second kappa shape index (κ2) is 5.92. The van der Waals surface area contributed by atoms with E-state index in [1.165, 1.54) is 12.3 Å². The summed E-state index contributed by atoms with van der Waals surface area (Å²) in [6.07, 6.45) is 1.19. The van der Waals surface area contributed by atoms with E-state index in [4.69, 9.17) is 5.11 Å². The number of sulfonamides is 1. The maximum atomic E-state index is 12.1. The highest BCUT2D eigenvalue weighted by Gasteiger charge is 2.15. The first-order valence-corrected chi connectivity index (χ1v) is 7.77. The zero-order valence-corrected chi connectivity index (χ0v) is 12.1. The molecule has 21 heavy (non-hydrogen) atoms. The van der Waals surface area contributed by atoms with Gasteiger partial charge in [-0.1, -0.05) is 30.3 Å². The highest BCUT2D eigenvalue weighted by molar-refractivity contribution is 7.91. The summed E-state index contributed by atoms with van der Waals surface area (Å²) in [6, 6.07) is 9.97. The fourth-order valence-corrected chi connectivity index (χ4v) is 3.00. The van der Waals surface area contributed by atoms with Crippen molar-refractivity contribution in [3.8, 4) is 0 Å². The Morgan fingerprint density at radius 3 is 2.57 bits per heavy atom. The number of hydrogen-bond donors (Lipinski definition) is 2. The molecule has 0 aliphatic carbocycles. The summed E-state index contributed by atoms with van der Waals surface area (Å²) in [5.41, 5.74) is 1.16. The van der Waals surface area contributed by atoms with Gasteiger partial charge in [-0.3, -0.25) is 9.71 Å². The van der Waals surface area contributed by atoms with Gasteiger partial charge in [-0.2, -0.15) is 0 Å². The number of carboxylic acids is 1. The van der Waals surface area contributed by atoms with Crippen LogP contribution < -0.4 is 4.72 Å². The average Bonchev–Trinajstić information content (AvgIpc) is 2.41. The van der Waals surface area contributed by atoms with Crippen LogP contribution in [0.1, 0.15) is 21.6 Å². The number of nitrogens with zero attached hydrogens (tertiary/aromatic N) is 1. The lowest BCUT2D eigenvalue weighted by Crippen LogP contribution is -2.16. The van der Waals surface area contributed by atoms with Crippen LogP contribution in [0.3, 0.4) is 0 Å². The van der Waals surface area contributed by atoms with Gasteiger partial charge < -0.3 is 5.11 Å². The highest BCUT2D eigenvalue weighted by atomic mass is 32.2. The van der Waals surface area contributed by atoms with Crippen LogP contribution in [0.25, 0.3) is 0 Å². The average molecular weight is 306 g/mol. The fraction of sp³-hybridized carbons (Fsp3) is 0.143. The van der Waals surface area contributed by atoms with Crippen molar-refractivity contribution < 1.29 is 18.3 Å². The summed E-state index contributed by atoms with van der Waals surface area (Å²) >= 11 is 0. The summed E-state index contributed by atoms with van der Waals surface area (Å²) in [5.74, 6) is -1.35. The lowest BCUT2D eigenvalue weighted by Gasteiger charge is -2.10. The van der Waals surface area contributed by atoms with E-state index < -0.39 is 16.0 Å². The molecule has 1 heterocycles. The van der Waals surface area contributed by atoms with Crippen LogP contribution in [0, 0.1) is 6.92 Å². The largest absolute Gasteiger partial charge is 0.478 e. The molecular formula is C14H14N2O4S. The third-order valence-electron chi connectivity index (χ3n) is 2.80. The minimum Gasteiger partial charge on any atom is -0.478 e. The second-order valence-corrected chi connectivity index (χ2v) is 6.23. The fourth-order valence-electron chi connectivity index (χ4n) is 1.75. The van der Waals surface area contributed by atoms with Gasteiger partial charge in [0.05, 0.1) is 22.7 Å². The van der Waals surface area contributed by atoms with Crippen molar-refractivity contribution in [2.45, 2.75) is 12.7 Å². The molecule has 0 atom stereocenters. The van der Waals surface area contributed by atoms with E-state index in [1.54, 1.807) is 37.3 Å². The van der Waals surface area contributed by atoms with E-state index in [0.717, 1.165) is 0 Å². The molecule has 2 N–H and O–H groups in total. The van der Waals surface area contributed by atoms with Crippen molar-refractivity contribution >= 4 is 21.7 Å². The van der Waals surface area contributed by atoms with Gasteiger partial charge in [-0.05, 0) is 18.6 Å². The van der Waals surface area contributed by atoms with Gasteiger partial charge in [0.15, 0.2) is 0 Å². The summed E-state index contributed by atoms with van der Waals surface area (Å²) in [5, 5.41) is 8.92. The SMILES string of the molecule is Cc1ncc(C(=O)O)cc1NS(=O)(=O)Cc1ccccc1. The molecule has 0 aliphatic heterocycles. The zero-order chi connectivity index (χ0) is 15.5. The number of aromatic carboxylic acids is 1. The maximum Gasteiger partial charge on any atom is 0.337 e. The van der Waals surface area contributed by atoms with Crippen LogP contribution in [-0.4, -0.2) is 24.5 Å². The quantitative estimate of drug-likeness (QED) is 0.881. The third-order valence-corrected chi connectivity index (χ3v) is 4.04. The molecule has 0 aliphatic rings. The predicted octanol–water partition coefficient (Wildman–Crippen LogP) is 2.03. The molecule has 7 heteroatoms. The molecule has 0 unspecified atom stereocenters. The van der Waals surface area contributed by atoms with E-state index >= 15 is 0 Å². The number of aryl methyl sites for hydroxylation is 1. The molecule has 1 aromatic carbocycles. The zero-order valence-electron chi connectivity index (χ0n) is 11.3. The van der Waals surface area contributed by atoms with Gasteiger partial charge in [-0.15, -0.1) is 0 Å². The first-order valence-electron chi connectivity index (χ1n) is 6.12. The van der Waals surface area contributed by atoms with Crippen LogP contribution >= 0.6 is 0 Å². The number of hydrogen-bond acceptors (Lipinski definition) is 4. The second-order valence-electron chi connectivity index (χ2n) is 4.51. The summed E-state index contributed by atoms with van der Waals surface area (Å²) in [6.45, 7) is 1.60. The number of benzene rings is 1. The third kappa shape index (κ3) is 4.03. The Labute approximate surface area is 122 Å². The van der Waals surface area contributed by atoms with Crippen LogP contribution in [0.15, 0.2) is 42.6 Å². The van der Waals surface area contributed by atoms with Crippen molar-refractivity contribution in [2.24, 2.45) is 0 Å². The standard InChI is InChI=1S/C14H14N2O4S/c1-10-13(7-12(8-15-10)14(17)18)16-21(19,20)9-11-5-3-2-4-6-11/h2-8,16H,9H2,1H3,(H,17,18). The summed E-state index contributed by atoms with van der Waals surface area (Å²) in [7, 11) is -3.64. The van der Waals surface area contributed by atoms with E-state index in [2.05, 4.69) is 9.71 Å². The van der Waals surface area contributed by atoms with Crippen molar-refractivity contribution in [3.05, 3.63) is 59.4 Å². The Kier molecular flexibility index (Phi) is 4.23. The topological polar surface area (TPSA) is 96.4 Å². The molecule has 0 amide bonds. The van der Waals surface area contributed by atoms with Gasteiger partial charge >= 0.3 is 5.97 Å². The number of carboxylic acid groups (broad SMARTS) is 1. The van der Waals surface area contributed by atoms with Gasteiger partial charge in [-0.25, -0.2) is 13.2 Å². The number of rotatable bonds is 5. The number of anilines is 1. The molecule has 6 nitrogen and oxygen atoms in total. The lowest BCUT2D eigenvalue weighted by molar-refractivity contribution is 0.0696. The Hall–Kier alpha value is -2.41.